The molecule has 0 aliphatic heterocycles. The van der Waals surface area contributed by atoms with Crippen LogP contribution < -0.4 is 16.4 Å². The van der Waals surface area contributed by atoms with Crippen molar-refractivity contribution >= 4 is 23.8 Å². The van der Waals surface area contributed by atoms with Crippen LogP contribution in [-0.2, 0) is 19.1 Å². The third-order valence-corrected chi connectivity index (χ3v) is 5.60. The molecule has 0 saturated carbocycles. The highest BCUT2D eigenvalue weighted by molar-refractivity contribution is 5.93. The van der Waals surface area contributed by atoms with E-state index in [4.69, 9.17) is 10.5 Å². The van der Waals surface area contributed by atoms with Crippen molar-refractivity contribution in [3.05, 3.63) is 35.4 Å². The molecule has 4 N–H and O–H groups in total. The molecule has 1 aromatic carbocycles. The Hall–Kier alpha value is -3.10. The number of benzene rings is 1. The molecule has 9 nitrogen and oxygen atoms in total. The highest BCUT2D eigenvalue weighted by atomic mass is 16.6. The molecule has 0 aliphatic rings. The van der Waals surface area contributed by atoms with E-state index in [2.05, 4.69) is 10.6 Å². The minimum absolute atomic E-state index is 0.0333. The second-order valence-corrected chi connectivity index (χ2v) is 11.6. The summed E-state index contributed by atoms with van der Waals surface area (Å²) in [5.41, 5.74) is 5.34. The first kappa shape index (κ1) is 31.9. The predicted molar refractivity (Wildman–Crippen MR) is 145 cm³/mol. The monoisotopic (exact) mass is 518 g/mol. The summed E-state index contributed by atoms with van der Waals surface area (Å²) in [5, 5.41) is 5.66. The lowest BCUT2D eigenvalue weighted by atomic mass is 9.93. The first-order valence-electron chi connectivity index (χ1n) is 12.9. The van der Waals surface area contributed by atoms with Crippen LogP contribution >= 0.6 is 0 Å². The maximum atomic E-state index is 14.1. The number of nitrogens with zero attached hydrogens (tertiary/aromatic N) is 1. The number of carbonyl (C=O) groups is 4. The fraction of sp³-hybridized carbons (Fsp3) is 0.643. The number of rotatable bonds is 11. The van der Waals surface area contributed by atoms with Crippen LogP contribution in [0, 0.1) is 6.92 Å². The van der Waals surface area contributed by atoms with Crippen molar-refractivity contribution in [1.82, 2.24) is 15.5 Å². The van der Waals surface area contributed by atoms with E-state index in [0.717, 1.165) is 18.4 Å². The molecule has 37 heavy (non-hydrogen) atoms. The topological polar surface area (TPSA) is 131 Å². The van der Waals surface area contributed by atoms with Crippen molar-refractivity contribution in [2.75, 3.05) is 0 Å². The number of nitrogens with one attached hydrogen (secondary N) is 2. The molecular formula is C28H46N4O5. The number of hydrogen-bond donors (Lipinski definition) is 3. The number of aryl methyl sites for hydroxylation is 1. The summed E-state index contributed by atoms with van der Waals surface area (Å²) < 4.78 is 5.36. The van der Waals surface area contributed by atoms with Crippen molar-refractivity contribution in [2.24, 2.45) is 5.73 Å². The Labute approximate surface area is 221 Å². The molecule has 0 radical (unpaired) electrons. The van der Waals surface area contributed by atoms with Crippen LogP contribution in [0.1, 0.15) is 98.2 Å². The van der Waals surface area contributed by atoms with Gasteiger partial charge in [-0.25, -0.2) is 4.79 Å². The fourth-order valence-electron chi connectivity index (χ4n) is 4.09. The zero-order valence-corrected chi connectivity index (χ0v) is 23.9. The van der Waals surface area contributed by atoms with E-state index in [0.29, 0.717) is 5.56 Å². The van der Waals surface area contributed by atoms with Crippen molar-refractivity contribution in [3.8, 4) is 0 Å². The van der Waals surface area contributed by atoms with E-state index in [1.54, 1.807) is 20.8 Å². The van der Waals surface area contributed by atoms with Gasteiger partial charge in [0.15, 0.2) is 0 Å². The van der Waals surface area contributed by atoms with Gasteiger partial charge in [0.05, 0.1) is 0 Å². The lowest BCUT2D eigenvalue weighted by Crippen LogP contribution is -2.59. The molecule has 3 atom stereocenters. The van der Waals surface area contributed by atoms with Gasteiger partial charge in [-0.1, -0.05) is 43.2 Å². The lowest BCUT2D eigenvalue weighted by Gasteiger charge is -2.43. The molecule has 0 bridgehead atoms. The second-order valence-electron chi connectivity index (χ2n) is 11.6. The van der Waals surface area contributed by atoms with Crippen LogP contribution in [-0.4, -0.2) is 51.9 Å². The molecule has 208 valence electrons. The summed E-state index contributed by atoms with van der Waals surface area (Å²) >= 11 is 0. The van der Waals surface area contributed by atoms with Gasteiger partial charge in [-0.15, -0.1) is 0 Å². The molecule has 4 amide bonds. The number of carbonyl (C=O) groups excluding carboxylic acids is 4. The average Bonchev–Trinajstić information content (AvgIpc) is 2.72. The summed E-state index contributed by atoms with van der Waals surface area (Å²) in [6.45, 7) is 16.5. The van der Waals surface area contributed by atoms with Crippen molar-refractivity contribution in [1.29, 1.82) is 0 Å². The molecule has 3 unspecified atom stereocenters. The number of primary amides is 1. The van der Waals surface area contributed by atoms with Gasteiger partial charge in [-0.2, -0.15) is 0 Å². The van der Waals surface area contributed by atoms with Gasteiger partial charge in [0.1, 0.15) is 17.7 Å². The number of hydrogen-bond acceptors (Lipinski definition) is 5. The molecular weight excluding hydrogens is 472 g/mol. The molecule has 0 aliphatic carbocycles. The van der Waals surface area contributed by atoms with E-state index in [9.17, 15) is 19.2 Å². The average molecular weight is 519 g/mol. The molecule has 0 spiro atoms. The molecule has 9 heteroatoms. The smallest absolute Gasteiger partial charge is 0.408 e. The summed E-state index contributed by atoms with van der Waals surface area (Å²) in [5.74, 6) is -1.43. The first-order chi connectivity index (χ1) is 17.0. The predicted octanol–water partition coefficient (Wildman–Crippen LogP) is 4.13. The Kier molecular flexibility index (Phi) is 11.6. The van der Waals surface area contributed by atoms with E-state index in [1.165, 1.54) is 4.90 Å². The maximum absolute atomic E-state index is 14.1. The fourth-order valence-corrected chi connectivity index (χ4v) is 4.09. The Morgan fingerprint density at radius 1 is 1.03 bits per heavy atom. The zero-order valence-electron chi connectivity index (χ0n) is 23.9. The van der Waals surface area contributed by atoms with Crippen molar-refractivity contribution in [3.63, 3.8) is 0 Å². The van der Waals surface area contributed by atoms with Crippen LogP contribution in [0.5, 0.6) is 0 Å². The van der Waals surface area contributed by atoms with Crippen molar-refractivity contribution < 1.29 is 23.9 Å². The van der Waals surface area contributed by atoms with E-state index < -0.39 is 41.1 Å². The van der Waals surface area contributed by atoms with Crippen LogP contribution in [0.25, 0.3) is 0 Å². The molecule has 0 saturated heterocycles. The third kappa shape index (κ3) is 10.8. The summed E-state index contributed by atoms with van der Waals surface area (Å²) in [4.78, 5) is 53.6. The van der Waals surface area contributed by atoms with E-state index >= 15 is 0 Å². The van der Waals surface area contributed by atoms with Crippen LogP contribution in [0.3, 0.4) is 0 Å². The quantitative estimate of drug-likeness (QED) is 0.405. The van der Waals surface area contributed by atoms with Gasteiger partial charge < -0.3 is 26.0 Å². The number of alkyl carbamates (subject to hydrolysis) is 1. The Morgan fingerprint density at radius 2 is 1.65 bits per heavy atom. The second kappa shape index (κ2) is 13.4. The van der Waals surface area contributed by atoms with Gasteiger partial charge in [0.25, 0.3) is 0 Å². The molecule has 0 fully saturated rings. The van der Waals surface area contributed by atoms with Gasteiger partial charge >= 0.3 is 6.09 Å². The van der Waals surface area contributed by atoms with Gasteiger partial charge in [-0.05, 0) is 73.8 Å². The summed E-state index contributed by atoms with van der Waals surface area (Å²) in [6.07, 6.45) is 0.732. The Bertz CT molecular complexity index is 949. The number of ether oxygens (including phenoxy) is 1. The minimum atomic E-state index is -1.13. The number of nitrogens with two attached hydrogens (primary N) is 1. The number of amides is 4. The highest BCUT2D eigenvalue weighted by Gasteiger charge is 2.42. The first-order valence-corrected chi connectivity index (χ1v) is 12.9. The SMILES string of the molecule is CCCC(C)NC(=O)C(c1cccc(C)c1)N(C(=O)C(CCC(N)=O)NC(=O)OC(C)(C)C)C(C)(C)C. The maximum Gasteiger partial charge on any atom is 0.408 e. The molecule has 0 aromatic heterocycles. The summed E-state index contributed by atoms with van der Waals surface area (Å²) in [7, 11) is 0. The van der Waals surface area contributed by atoms with Gasteiger partial charge in [-0.3, -0.25) is 14.4 Å². The van der Waals surface area contributed by atoms with E-state index in [1.807, 2.05) is 65.8 Å². The van der Waals surface area contributed by atoms with Gasteiger partial charge in [0, 0.05) is 18.0 Å². The molecule has 0 heterocycles. The van der Waals surface area contributed by atoms with Crippen LogP contribution in [0.4, 0.5) is 4.79 Å². The standard InChI is InChI=1S/C28H46N4O5/c1-10-12-19(3)30-24(34)23(20-14-11-13-18(2)17-20)32(27(4,5)6)25(35)21(15-16-22(29)33)31-26(36)37-28(7,8)9/h11,13-14,17,19,21,23H,10,12,15-16H2,1-9H3,(H2,29,33)(H,30,34)(H,31,36). The van der Waals surface area contributed by atoms with Crippen molar-refractivity contribution in [2.45, 2.75) is 117 Å². The molecule has 1 aromatic rings. The lowest BCUT2D eigenvalue weighted by molar-refractivity contribution is -0.149. The Balaban J connectivity index is 3.58. The highest BCUT2D eigenvalue weighted by Crippen LogP contribution is 2.31. The minimum Gasteiger partial charge on any atom is -0.444 e. The van der Waals surface area contributed by atoms with Crippen LogP contribution in [0.15, 0.2) is 24.3 Å². The zero-order chi connectivity index (χ0) is 28.6. The Morgan fingerprint density at radius 3 is 2.14 bits per heavy atom. The summed E-state index contributed by atoms with van der Waals surface area (Å²) in [6, 6.07) is 5.26. The third-order valence-electron chi connectivity index (χ3n) is 5.60. The normalized spacial score (nSPS) is 14.2. The van der Waals surface area contributed by atoms with E-state index in [-0.39, 0.29) is 24.8 Å². The van der Waals surface area contributed by atoms with Gasteiger partial charge in [0.2, 0.25) is 17.7 Å². The van der Waals surface area contributed by atoms with Crippen LogP contribution in [0.2, 0.25) is 0 Å². The largest absolute Gasteiger partial charge is 0.444 e. The molecule has 1 rings (SSSR count).